The number of rotatable bonds is 10. The van der Waals surface area contributed by atoms with Crippen molar-refractivity contribution in [2.75, 3.05) is 36.5 Å². The van der Waals surface area contributed by atoms with Crippen LogP contribution in [0.25, 0.3) is 11.1 Å². The SMILES string of the molecule is CCOC(=O)CCNC(=O)c1ccc(-c2ccc(NC(=O)c3oc(N4CCCC(C)C4)nc3CF)cc2)cc1. The van der Waals surface area contributed by atoms with Crippen molar-refractivity contribution in [3.8, 4) is 11.1 Å². The molecule has 1 fully saturated rings. The van der Waals surface area contributed by atoms with Crippen molar-refractivity contribution in [1.29, 1.82) is 0 Å². The highest BCUT2D eigenvalue weighted by atomic mass is 19.1. The van der Waals surface area contributed by atoms with Crippen LogP contribution in [0.5, 0.6) is 0 Å². The molecular weight excluding hydrogens is 503 g/mol. The number of nitrogens with zero attached hydrogens (tertiary/aromatic N) is 2. The molecule has 9 nitrogen and oxygen atoms in total. The number of carbonyl (C=O) groups is 3. The van der Waals surface area contributed by atoms with Gasteiger partial charge in [-0.3, -0.25) is 14.4 Å². The van der Waals surface area contributed by atoms with Gasteiger partial charge in [-0.2, -0.15) is 4.98 Å². The number of oxazole rings is 1. The monoisotopic (exact) mass is 536 g/mol. The molecule has 1 aromatic heterocycles. The van der Waals surface area contributed by atoms with Gasteiger partial charge >= 0.3 is 5.97 Å². The third kappa shape index (κ3) is 7.22. The minimum Gasteiger partial charge on any atom is -0.466 e. The highest BCUT2D eigenvalue weighted by Gasteiger charge is 2.26. The molecule has 0 radical (unpaired) electrons. The van der Waals surface area contributed by atoms with Gasteiger partial charge < -0.3 is 24.7 Å². The molecule has 2 N–H and O–H groups in total. The van der Waals surface area contributed by atoms with Gasteiger partial charge in [-0.25, -0.2) is 4.39 Å². The van der Waals surface area contributed by atoms with Gasteiger partial charge in [-0.15, -0.1) is 0 Å². The number of alkyl halides is 1. The van der Waals surface area contributed by atoms with Crippen LogP contribution in [-0.4, -0.2) is 49.0 Å². The molecule has 1 aliphatic rings. The largest absolute Gasteiger partial charge is 0.466 e. The van der Waals surface area contributed by atoms with Crippen LogP contribution in [0.15, 0.2) is 52.9 Å². The molecule has 10 heteroatoms. The maximum absolute atomic E-state index is 13.6. The minimum absolute atomic E-state index is 0.0117. The number of carbonyl (C=O) groups excluding carboxylic acids is 3. The van der Waals surface area contributed by atoms with E-state index in [4.69, 9.17) is 9.15 Å². The number of ether oxygens (including phenoxy) is 1. The first-order valence-corrected chi connectivity index (χ1v) is 13.1. The number of anilines is 2. The smallest absolute Gasteiger partial charge is 0.307 e. The van der Waals surface area contributed by atoms with E-state index in [1.807, 2.05) is 29.2 Å². The lowest BCUT2D eigenvalue weighted by atomic mass is 10.0. The Labute approximate surface area is 226 Å². The summed E-state index contributed by atoms with van der Waals surface area (Å²) >= 11 is 0. The van der Waals surface area contributed by atoms with E-state index >= 15 is 0 Å². The average Bonchev–Trinajstić information content (AvgIpc) is 3.39. The topological polar surface area (TPSA) is 114 Å². The van der Waals surface area contributed by atoms with Crippen molar-refractivity contribution in [2.45, 2.75) is 39.8 Å². The van der Waals surface area contributed by atoms with Gasteiger partial charge in [-0.1, -0.05) is 31.2 Å². The Morgan fingerprint density at radius 3 is 2.41 bits per heavy atom. The van der Waals surface area contributed by atoms with Crippen molar-refractivity contribution in [3.63, 3.8) is 0 Å². The lowest BCUT2D eigenvalue weighted by Gasteiger charge is -2.29. The lowest BCUT2D eigenvalue weighted by molar-refractivity contribution is -0.142. The van der Waals surface area contributed by atoms with E-state index in [1.54, 1.807) is 31.2 Å². The second kappa shape index (κ2) is 13.0. The zero-order chi connectivity index (χ0) is 27.8. The number of amides is 2. The number of esters is 1. The van der Waals surface area contributed by atoms with E-state index in [0.717, 1.165) is 37.1 Å². The summed E-state index contributed by atoms with van der Waals surface area (Å²) in [4.78, 5) is 42.7. The zero-order valence-electron chi connectivity index (χ0n) is 22.2. The standard InChI is InChI=1S/C29H33FN4O5/c1-3-38-25(35)14-15-31-27(36)22-8-6-20(7-9-22)21-10-12-23(13-11-21)32-28(37)26-24(17-30)33-29(39-26)34-16-4-5-19(2)18-34/h6-13,19H,3-5,14-18H2,1-2H3,(H,31,36)(H,32,37). The van der Waals surface area contributed by atoms with Crippen LogP contribution in [0.2, 0.25) is 0 Å². The number of hydrogen-bond acceptors (Lipinski definition) is 7. The summed E-state index contributed by atoms with van der Waals surface area (Å²) in [6, 6.07) is 14.5. The third-order valence-corrected chi connectivity index (χ3v) is 6.49. The number of halogens is 1. The molecule has 0 saturated carbocycles. The maximum atomic E-state index is 13.6. The van der Waals surface area contributed by atoms with Crippen molar-refractivity contribution >= 4 is 29.5 Å². The van der Waals surface area contributed by atoms with E-state index in [1.165, 1.54) is 0 Å². The maximum Gasteiger partial charge on any atom is 0.307 e. The van der Waals surface area contributed by atoms with Crippen LogP contribution < -0.4 is 15.5 Å². The summed E-state index contributed by atoms with van der Waals surface area (Å²) in [7, 11) is 0. The second-order valence-corrected chi connectivity index (χ2v) is 9.52. The fraction of sp³-hybridized carbons (Fsp3) is 0.379. The average molecular weight is 537 g/mol. The van der Waals surface area contributed by atoms with Crippen LogP contribution in [0, 0.1) is 5.92 Å². The Balaban J connectivity index is 1.35. The molecule has 1 saturated heterocycles. The first-order chi connectivity index (χ1) is 18.9. The fourth-order valence-corrected chi connectivity index (χ4v) is 4.47. The van der Waals surface area contributed by atoms with Gasteiger partial charge in [0.2, 0.25) is 5.76 Å². The zero-order valence-corrected chi connectivity index (χ0v) is 22.2. The summed E-state index contributed by atoms with van der Waals surface area (Å²) < 4.78 is 24.2. The summed E-state index contributed by atoms with van der Waals surface area (Å²) in [5.41, 5.74) is 2.75. The molecule has 0 bridgehead atoms. The van der Waals surface area contributed by atoms with Gasteiger partial charge in [0.1, 0.15) is 12.4 Å². The number of piperidine rings is 1. The number of aromatic nitrogens is 1. The van der Waals surface area contributed by atoms with Gasteiger partial charge in [0.05, 0.1) is 13.0 Å². The van der Waals surface area contributed by atoms with Crippen LogP contribution in [-0.2, 0) is 16.2 Å². The molecule has 2 amide bonds. The van der Waals surface area contributed by atoms with Gasteiger partial charge in [0, 0.05) is 30.9 Å². The molecule has 4 rings (SSSR count). The second-order valence-electron chi connectivity index (χ2n) is 9.52. The summed E-state index contributed by atoms with van der Waals surface area (Å²) in [5, 5.41) is 5.45. The van der Waals surface area contributed by atoms with Crippen molar-refractivity contribution in [2.24, 2.45) is 5.92 Å². The molecule has 0 aliphatic carbocycles. The predicted octanol–water partition coefficient (Wildman–Crippen LogP) is 4.98. The normalized spacial score (nSPS) is 15.1. The third-order valence-electron chi connectivity index (χ3n) is 6.49. The molecular formula is C29H33FN4O5. The molecule has 2 aromatic carbocycles. The lowest BCUT2D eigenvalue weighted by Crippen LogP contribution is -2.34. The first kappa shape index (κ1) is 27.8. The highest BCUT2D eigenvalue weighted by Crippen LogP contribution is 2.27. The minimum atomic E-state index is -0.895. The summed E-state index contributed by atoms with van der Waals surface area (Å²) in [6.07, 6.45) is 2.23. The summed E-state index contributed by atoms with van der Waals surface area (Å²) in [6.45, 7) is 5.01. The molecule has 3 aromatic rings. The van der Waals surface area contributed by atoms with E-state index in [2.05, 4.69) is 22.5 Å². The number of benzene rings is 2. The molecule has 1 atom stereocenters. The number of nitrogens with one attached hydrogen (secondary N) is 2. The van der Waals surface area contributed by atoms with Gasteiger partial charge in [0.15, 0.2) is 0 Å². The highest BCUT2D eigenvalue weighted by molar-refractivity contribution is 6.03. The van der Waals surface area contributed by atoms with Crippen LogP contribution in [0.4, 0.5) is 16.1 Å². The van der Waals surface area contributed by atoms with Crippen LogP contribution >= 0.6 is 0 Å². The van der Waals surface area contributed by atoms with E-state index in [0.29, 0.717) is 23.8 Å². The quantitative estimate of drug-likeness (QED) is 0.351. The fourth-order valence-electron chi connectivity index (χ4n) is 4.47. The van der Waals surface area contributed by atoms with Gasteiger partial charge in [-0.05, 0) is 61.1 Å². The molecule has 39 heavy (non-hydrogen) atoms. The van der Waals surface area contributed by atoms with Crippen LogP contribution in [0.3, 0.4) is 0 Å². The first-order valence-electron chi connectivity index (χ1n) is 13.1. The Hall–Kier alpha value is -4.21. The van der Waals surface area contributed by atoms with E-state index < -0.39 is 12.6 Å². The van der Waals surface area contributed by atoms with E-state index in [9.17, 15) is 18.8 Å². The molecule has 0 spiro atoms. The van der Waals surface area contributed by atoms with Crippen molar-refractivity contribution in [3.05, 3.63) is 65.5 Å². The molecule has 2 heterocycles. The van der Waals surface area contributed by atoms with E-state index in [-0.39, 0.29) is 42.3 Å². The van der Waals surface area contributed by atoms with Crippen LogP contribution in [0.1, 0.15) is 59.7 Å². The molecule has 1 unspecified atom stereocenters. The van der Waals surface area contributed by atoms with Crippen molar-refractivity contribution in [1.82, 2.24) is 10.3 Å². The predicted molar refractivity (Wildman–Crippen MR) is 145 cm³/mol. The van der Waals surface area contributed by atoms with Crippen molar-refractivity contribution < 1.29 is 27.9 Å². The Kier molecular flexibility index (Phi) is 9.30. The Morgan fingerprint density at radius 1 is 1.08 bits per heavy atom. The molecule has 206 valence electrons. The summed E-state index contributed by atoms with van der Waals surface area (Å²) in [5.74, 6) is -0.829. The Morgan fingerprint density at radius 2 is 1.77 bits per heavy atom. The molecule has 1 aliphatic heterocycles. The number of hydrogen-bond donors (Lipinski definition) is 2. The van der Waals surface area contributed by atoms with Gasteiger partial charge in [0.25, 0.3) is 17.8 Å². The Bertz CT molecular complexity index is 1290.